The topological polar surface area (TPSA) is 237 Å². The number of ether oxygens (including phenoxy) is 4. The molecule has 0 aromatic heterocycles. The molecule has 0 aliphatic heterocycles. The summed E-state index contributed by atoms with van der Waals surface area (Å²) < 4.78 is 68.0. The Labute approximate surface area is 517 Å². The van der Waals surface area contributed by atoms with Gasteiger partial charge in [0.05, 0.1) is 26.4 Å². The monoisotopic (exact) mass is 1250 g/mol. The maximum Gasteiger partial charge on any atom is 0.472 e. The first-order chi connectivity index (χ1) is 40.8. The number of aliphatic hydroxyl groups is 1. The zero-order valence-corrected chi connectivity index (χ0v) is 56.9. The summed E-state index contributed by atoms with van der Waals surface area (Å²) in [5, 5.41) is 10.5. The molecule has 0 saturated heterocycles. The van der Waals surface area contributed by atoms with Crippen molar-refractivity contribution in [2.75, 3.05) is 39.6 Å². The van der Waals surface area contributed by atoms with Crippen molar-refractivity contribution < 1.29 is 80.2 Å². The van der Waals surface area contributed by atoms with Crippen LogP contribution in [-0.2, 0) is 65.4 Å². The highest BCUT2D eigenvalue weighted by atomic mass is 31.2. The predicted octanol–water partition coefficient (Wildman–Crippen LogP) is 18.3. The molecule has 17 nitrogen and oxygen atoms in total. The molecule has 0 rings (SSSR count). The number of unbranched alkanes of at least 4 members (excludes halogenated alkanes) is 31. The van der Waals surface area contributed by atoms with E-state index in [9.17, 15) is 43.2 Å². The molecular weight excluding hydrogens is 1130 g/mol. The van der Waals surface area contributed by atoms with E-state index >= 15 is 0 Å². The van der Waals surface area contributed by atoms with Crippen LogP contribution >= 0.6 is 15.6 Å². The van der Waals surface area contributed by atoms with Gasteiger partial charge in [-0.3, -0.25) is 37.3 Å². The molecule has 0 aromatic rings. The van der Waals surface area contributed by atoms with Gasteiger partial charge in [-0.05, 0) is 43.4 Å². The van der Waals surface area contributed by atoms with E-state index in [-0.39, 0.29) is 25.7 Å². The number of hydrogen-bond donors (Lipinski definition) is 3. The van der Waals surface area contributed by atoms with Gasteiger partial charge >= 0.3 is 39.5 Å². The SMILES string of the molecule is CCCCCCCCCCCC(=O)OC[C@H](COP(=O)(O)OC[C@H](O)COP(=O)(O)OC[C@@H](COC(=O)CCCCCCCCCCCCC(C)C)OC(=O)CCCCCCCCCCCCC(C)CC)OC(=O)CCCCCCCCC(C)C. The highest BCUT2D eigenvalue weighted by Gasteiger charge is 2.30. The van der Waals surface area contributed by atoms with E-state index in [1.807, 2.05) is 0 Å². The Hall–Kier alpha value is -1.94. The summed E-state index contributed by atoms with van der Waals surface area (Å²) in [5.74, 6) is 0.0939. The number of hydrogen-bond acceptors (Lipinski definition) is 15. The van der Waals surface area contributed by atoms with Crippen LogP contribution in [0.15, 0.2) is 0 Å². The van der Waals surface area contributed by atoms with Gasteiger partial charge in [0.2, 0.25) is 0 Å². The summed E-state index contributed by atoms with van der Waals surface area (Å²) in [6.45, 7) is 11.7. The molecule has 504 valence electrons. The van der Waals surface area contributed by atoms with Crippen molar-refractivity contribution >= 4 is 39.5 Å². The summed E-state index contributed by atoms with van der Waals surface area (Å²) in [6.07, 6.45) is 39.0. The van der Waals surface area contributed by atoms with Crippen LogP contribution in [0, 0.1) is 17.8 Å². The summed E-state index contributed by atoms with van der Waals surface area (Å²) in [7, 11) is -9.89. The first-order valence-corrected chi connectivity index (χ1v) is 37.4. The van der Waals surface area contributed by atoms with Gasteiger partial charge in [0.1, 0.15) is 19.3 Å². The Kier molecular flexibility index (Phi) is 55.9. The fourth-order valence-electron chi connectivity index (χ4n) is 9.80. The van der Waals surface area contributed by atoms with Crippen molar-refractivity contribution in [2.24, 2.45) is 17.8 Å². The smallest absolute Gasteiger partial charge is 0.462 e. The lowest BCUT2D eigenvalue weighted by Crippen LogP contribution is -2.30. The fourth-order valence-corrected chi connectivity index (χ4v) is 11.4. The number of phosphoric ester groups is 2. The number of aliphatic hydroxyl groups excluding tert-OH is 1. The van der Waals surface area contributed by atoms with E-state index in [4.69, 9.17) is 37.0 Å². The molecule has 85 heavy (non-hydrogen) atoms. The molecule has 0 fully saturated rings. The maximum absolute atomic E-state index is 13.0. The minimum atomic E-state index is -4.95. The van der Waals surface area contributed by atoms with Crippen molar-refractivity contribution in [1.29, 1.82) is 0 Å². The zero-order valence-electron chi connectivity index (χ0n) is 55.1. The zero-order chi connectivity index (χ0) is 63.1. The summed E-state index contributed by atoms with van der Waals surface area (Å²) in [6, 6.07) is 0. The molecule has 19 heteroatoms. The molecule has 0 aliphatic rings. The lowest BCUT2D eigenvalue weighted by atomic mass is 9.99. The van der Waals surface area contributed by atoms with Crippen LogP contribution in [-0.4, -0.2) is 96.7 Å². The number of esters is 4. The Balaban J connectivity index is 5.24. The standard InChI is InChI=1S/C66H128O17P2/c1-8-10-11-12-13-18-25-33-40-47-63(68)76-54-62(83-66(71)50-43-36-29-28-31-38-45-58(5)6)56-81-85(74,75)79-52-60(67)51-78-84(72,73)80-55-61(53-77-64(69)48-41-34-26-21-16-14-19-23-30-37-44-57(3)4)82-65(70)49-42-35-27-22-17-15-20-24-32-39-46-59(7)9-2/h57-62,67H,8-56H2,1-7H3,(H,72,73)(H,74,75)/t59?,60-,61-,62-/m1/s1. The van der Waals surface area contributed by atoms with Gasteiger partial charge in [-0.25, -0.2) is 9.13 Å². The third kappa shape index (κ3) is 59.5. The molecular formula is C66H128O17P2. The van der Waals surface area contributed by atoms with Crippen molar-refractivity contribution in [3.63, 3.8) is 0 Å². The molecule has 3 unspecified atom stereocenters. The average molecular weight is 1260 g/mol. The maximum atomic E-state index is 13.0. The molecule has 0 saturated carbocycles. The first-order valence-electron chi connectivity index (χ1n) is 34.4. The van der Waals surface area contributed by atoms with E-state index in [0.29, 0.717) is 31.6 Å². The first kappa shape index (κ1) is 83.1. The van der Waals surface area contributed by atoms with Gasteiger partial charge in [0, 0.05) is 25.7 Å². The Morgan fingerprint density at radius 2 is 0.600 bits per heavy atom. The lowest BCUT2D eigenvalue weighted by molar-refractivity contribution is -0.161. The summed E-state index contributed by atoms with van der Waals surface area (Å²) >= 11 is 0. The van der Waals surface area contributed by atoms with Crippen LogP contribution < -0.4 is 0 Å². The van der Waals surface area contributed by atoms with Crippen molar-refractivity contribution in [3.8, 4) is 0 Å². The average Bonchev–Trinajstić information content (AvgIpc) is 3.62. The molecule has 0 bridgehead atoms. The van der Waals surface area contributed by atoms with Crippen LogP contribution in [0.1, 0.15) is 325 Å². The van der Waals surface area contributed by atoms with Gasteiger partial charge in [0.25, 0.3) is 0 Å². The van der Waals surface area contributed by atoms with Crippen LogP contribution in [0.3, 0.4) is 0 Å². The molecule has 6 atom stereocenters. The minimum absolute atomic E-state index is 0.102. The predicted molar refractivity (Wildman–Crippen MR) is 340 cm³/mol. The Morgan fingerprint density at radius 3 is 0.894 bits per heavy atom. The van der Waals surface area contributed by atoms with Gasteiger partial charge in [-0.1, -0.05) is 273 Å². The van der Waals surface area contributed by atoms with E-state index in [2.05, 4.69) is 48.5 Å². The van der Waals surface area contributed by atoms with Gasteiger partial charge in [0.15, 0.2) is 12.2 Å². The Bertz CT molecular complexity index is 1680. The second-order valence-corrected chi connectivity index (χ2v) is 28.0. The molecule has 0 aromatic carbocycles. The quantitative estimate of drug-likeness (QED) is 0.0222. The van der Waals surface area contributed by atoms with Crippen LogP contribution in [0.2, 0.25) is 0 Å². The van der Waals surface area contributed by atoms with E-state index < -0.39 is 97.5 Å². The van der Waals surface area contributed by atoms with Crippen molar-refractivity contribution in [3.05, 3.63) is 0 Å². The Morgan fingerprint density at radius 1 is 0.341 bits per heavy atom. The largest absolute Gasteiger partial charge is 0.472 e. The third-order valence-corrected chi connectivity index (χ3v) is 17.4. The molecule has 3 N–H and O–H groups in total. The molecule has 0 heterocycles. The van der Waals surface area contributed by atoms with E-state index in [1.54, 1.807) is 0 Å². The van der Waals surface area contributed by atoms with Gasteiger partial charge < -0.3 is 33.8 Å². The number of phosphoric acid groups is 2. The minimum Gasteiger partial charge on any atom is -0.462 e. The summed E-state index contributed by atoms with van der Waals surface area (Å²) in [4.78, 5) is 72.3. The van der Waals surface area contributed by atoms with Gasteiger partial charge in [-0.2, -0.15) is 0 Å². The molecule has 0 spiro atoms. The van der Waals surface area contributed by atoms with Crippen molar-refractivity contribution in [2.45, 2.75) is 343 Å². The molecule has 0 aliphatic carbocycles. The fraction of sp³-hybridized carbons (Fsp3) is 0.939. The number of carbonyl (C=O) groups excluding carboxylic acids is 4. The summed E-state index contributed by atoms with van der Waals surface area (Å²) in [5.41, 5.74) is 0. The van der Waals surface area contributed by atoms with Crippen LogP contribution in [0.25, 0.3) is 0 Å². The van der Waals surface area contributed by atoms with E-state index in [0.717, 1.165) is 102 Å². The normalized spacial score (nSPS) is 14.6. The van der Waals surface area contributed by atoms with Crippen molar-refractivity contribution in [1.82, 2.24) is 0 Å². The molecule has 0 radical (unpaired) electrons. The number of rotatable bonds is 64. The lowest BCUT2D eigenvalue weighted by Gasteiger charge is -2.21. The van der Waals surface area contributed by atoms with Crippen LogP contribution in [0.5, 0.6) is 0 Å². The third-order valence-electron chi connectivity index (χ3n) is 15.5. The van der Waals surface area contributed by atoms with Gasteiger partial charge in [-0.15, -0.1) is 0 Å². The second kappa shape index (κ2) is 57.2. The molecule has 0 amide bonds. The second-order valence-electron chi connectivity index (χ2n) is 25.1. The highest BCUT2D eigenvalue weighted by molar-refractivity contribution is 7.47. The van der Waals surface area contributed by atoms with E-state index in [1.165, 1.54) is 135 Å². The van der Waals surface area contributed by atoms with Crippen LogP contribution in [0.4, 0.5) is 0 Å². The number of carbonyl (C=O) groups is 4. The highest BCUT2D eigenvalue weighted by Crippen LogP contribution is 2.45.